The van der Waals surface area contributed by atoms with E-state index in [4.69, 9.17) is 5.73 Å². The number of hydrogen-bond acceptors (Lipinski definition) is 5. The highest BCUT2D eigenvalue weighted by molar-refractivity contribution is 5.76. The molecule has 8 heteroatoms. The van der Waals surface area contributed by atoms with Crippen LogP contribution in [0.1, 0.15) is 43.5 Å². The van der Waals surface area contributed by atoms with E-state index < -0.39 is 4.92 Å². The van der Waals surface area contributed by atoms with Crippen LogP contribution < -0.4 is 11.1 Å². The van der Waals surface area contributed by atoms with Crippen LogP contribution in [-0.4, -0.2) is 32.7 Å². The minimum Gasteiger partial charge on any atom is -0.353 e. The summed E-state index contributed by atoms with van der Waals surface area (Å²) in [5, 5.41) is 18.1. The lowest BCUT2D eigenvalue weighted by Crippen LogP contribution is -2.40. The van der Waals surface area contributed by atoms with Gasteiger partial charge in [-0.25, -0.2) is 0 Å². The molecule has 1 aromatic heterocycles. The molecule has 2 rings (SSSR count). The molecule has 1 aliphatic carbocycles. The molecule has 1 heterocycles. The minimum atomic E-state index is -0.431. The molecular weight excluding hydrogens is 286 g/mol. The highest BCUT2D eigenvalue weighted by Crippen LogP contribution is 2.22. The number of nitrogens with two attached hydrogens (primary N) is 1. The summed E-state index contributed by atoms with van der Waals surface area (Å²) in [6, 6.07) is 0.450. The lowest BCUT2D eigenvalue weighted by atomic mass is 9.92. The average Bonchev–Trinajstić information content (AvgIpc) is 2.73. The molecule has 22 heavy (non-hydrogen) atoms. The van der Waals surface area contributed by atoms with Crippen LogP contribution in [0.25, 0.3) is 0 Å². The van der Waals surface area contributed by atoms with Gasteiger partial charge in [0, 0.05) is 18.5 Å². The molecule has 0 spiro atoms. The molecule has 0 atom stereocenters. The molecule has 1 saturated carbocycles. The zero-order chi connectivity index (χ0) is 16.3. The lowest BCUT2D eigenvalue weighted by Gasteiger charge is -2.26. The zero-order valence-electron chi connectivity index (χ0n) is 13.0. The maximum absolute atomic E-state index is 12.0. The molecule has 0 saturated heterocycles. The van der Waals surface area contributed by atoms with E-state index in [1.807, 2.05) is 0 Å². The standard InChI is InChI=1S/C14H23N5O3/c1-9-14(19(21)22)10(2)18(17-9)8-7-13(20)16-12-5-3-11(15)4-6-12/h11-12H,3-8,15H2,1-2H3,(H,16,20). The zero-order valence-corrected chi connectivity index (χ0v) is 13.0. The van der Waals surface area contributed by atoms with Crippen LogP contribution in [0, 0.1) is 24.0 Å². The molecule has 0 radical (unpaired) electrons. The Labute approximate surface area is 129 Å². The maximum Gasteiger partial charge on any atom is 0.312 e. The van der Waals surface area contributed by atoms with E-state index in [1.54, 1.807) is 13.8 Å². The van der Waals surface area contributed by atoms with Gasteiger partial charge in [0.25, 0.3) is 0 Å². The largest absolute Gasteiger partial charge is 0.353 e. The minimum absolute atomic E-state index is 0.0293. The van der Waals surface area contributed by atoms with Crippen molar-refractivity contribution in [2.24, 2.45) is 5.73 Å². The molecule has 1 amide bonds. The Bertz CT molecular complexity index is 561. The fourth-order valence-corrected chi connectivity index (χ4v) is 2.94. The first-order valence-electron chi connectivity index (χ1n) is 7.61. The van der Waals surface area contributed by atoms with Crippen LogP contribution >= 0.6 is 0 Å². The van der Waals surface area contributed by atoms with Crippen molar-refractivity contribution in [2.75, 3.05) is 0 Å². The van der Waals surface area contributed by atoms with Crippen LogP contribution in [0.5, 0.6) is 0 Å². The first kappa shape index (κ1) is 16.4. The Morgan fingerprint density at radius 3 is 2.59 bits per heavy atom. The van der Waals surface area contributed by atoms with Crippen LogP contribution in [0.15, 0.2) is 0 Å². The number of rotatable bonds is 5. The predicted molar refractivity (Wildman–Crippen MR) is 81.3 cm³/mol. The number of nitrogens with zero attached hydrogens (tertiary/aromatic N) is 3. The summed E-state index contributed by atoms with van der Waals surface area (Å²) in [5.41, 5.74) is 6.73. The van der Waals surface area contributed by atoms with Gasteiger partial charge in [0.1, 0.15) is 11.4 Å². The number of hydrogen-bond donors (Lipinski definition) is 2. The van der Waals surface area contributed by atoms with Crippen molar-refractivity contribution in [2.45, 2.75) is 64.6 Å². The Hall–Kier alpha value is -1.96. The van der Waals surface area contributed by atoms with E-state index in [0.29, 0.717) is 17.9 Å². The number of nitro groups is 1. The molecule has 0 bridgehead atoms. The monoisotopic (exact) mass is 309 g/mol. The molecule has 1 aliphatic rings. The fourth-order valence-electron chi connectivity index (χ4n) is 2.94. The van der Waals surface area contributed by atoms with E-state index in [9.17, 15) is 14.9 Å². The van der Waals surface area contributed by atoms with Crippen molar-refractivity contribution in [3.63, 3.8) is 0 Å². The van der Waals surface area contributed by atoms with Gasteiger partial charge in [0.15, 0.2) is 0 Å². The van der Waals surface area contributed by atoms with E-state index in [1.165, 1.54) is 4.68 Å². The molecule has 0 aliphatic heterocycles. The summed E-state index contributed by atoms with van der Waals surface area (Å²) in [6.45, 7) is 3.60. The van der Waals surface area contributed by atoms with E-state index in [0.717, 1.165) is 25.7 Å². The van der Waals surface area contributed by atoms with Gasteiger partial charge in [-0.2, -0.15) is 5.10 Å². The summed E-state index contributed by atoms with van der Waals surface area (Å²) >= 11 is 0. The van der Waals surface area contributed by atoms with E-state index in [2.05, 4.69) is 10.4 Å². The lowest BCUT2D eigenvalue weighted by molar-refractivity contribution is -0.386. The number of nitrogens with one attached hydrogen (secondary N) is 1. The van der Waals surface area contributed by atoms with Gasteiger partial charge in [0.2, 0.25) is 5.91 Å². The van der Waals surface area contributed by atoms with Gasteiger partial charge in [-0.05, 0) is 39.5 Å². The Kier molecular flexibility index (Phi) is 5.12. The molecule has 1 aromatic rings. The number of aryl methyl sites for hydroxylation is 2. The average molecular weight is 309 g/mol. The van der Waals surface area contributed by atoms with Gasteiger partial charge in [-0.15, -0.1) is 0 Å². The highest BCUT2D eigenvalue weighted by atomic mass is 16.6. The normalized spacial score (nSPS) is 21.6. The summed E-state index contributed by atoms with van der Waals surface area (Å²) in [6.07, 6.45) is 3.97. The first-order valence-corrected chi connectivity index (χ1v) is 7.61. The SMILES string of the molecule is Cc1nn(CCC(=O)NC2CCC(N)CC2)c(C)c1[N+](=O)[O-]. The number of carbonyl (C=O) groups excluding carboxylic acids is 1. The van der Waals surface area contributed by atoms with E-state index in [-0.39, 0.29) is 30.1 Å². The number of aromatic nitrogens is 2. The Morgan fingerprint density at radius 1 is 1.41 bits per heavy atom. The van der Waals surface area contributed by atoms with Crippen LogP contribution in [-0.2, 0) is 11.3 Å². The second kappa shape index (κ2) is 6.87. The highest BCUT2D eigenvalue weighted by Gasteiger charge is 2.23. The smallest absolute Gasteiger partial charge is 0.312 e. The molecule has 8 nitrogen and oxygen atoms in total. The van der Waals surface area contributed by atoms with Gasteiger partial charge < -0.3 is 11.1 Å². The van der Waals surface area contributed by atoms with Crippen molar-refractivity contribution < 1.29 is 9.72 Å². The van der Waals surface area contributed by atoms with E-state index >= 15 is 0 Å². The van der Waals surface area contributed by atoms with Crippen LogP contribution in [0.2, 0.25) is 0 Å². The fraction of sp³-hybridized carbons (Fsp3) is 0.714. The number of carbonyl (C=O) groups is 1. The Morgan fingerprint density at radius 2 is 2.05 bits per heavy atom. The van der Waals surface area contributed by atoms with Crippen LogP contribution in [0.3, 0.4) is 0 Å². The molecule has 0 unspecified atom stereocenters. The first-order chi connectivity index (χ1) is 10.4. The van der Waals surface area contributed by atoms with Crippen molar-refractivity contribution in [3.05, 3.63) is 21.5 Å². The molecular formula is C14H23N5O3. The second-order valence-electron chi connectivity index (χ2n) is 5.93. The third-order valence-electron chi connectivity index (χ3n) is 4.21. The van der Waals surface area contributed by atoms with Gasteiger partial charge in [-0.1, -0.05) is 0 Å². The summed E-state index contributed by atoms with van der Waals surface area (Å²) < 4.78 is 1.53. The molecule has 3 N–H and O–H groups in total. The summed E-state index contributed by atoms with van der Waals surface area (Å²) in [7, 11) is 0. The van der Waals surface area contributed by atoms with Crippen LogP contribution in [0.4, 0.5) is 5.69 Å². The number of amides is 1. The van der Waals surface area contributed by atoms with Crippen molar-refractivity contribution >= 4 is 11.6 Å². The second-order valence-corrected chi connectivity index (χ2v) is 5.93. The summed E-state index contributed by atoms with van der Waals surface area (Å²) in [4.78, 5) is 22.5. The third kappa shape index (κ3) is 3.82. The van der Waals surface area contributed by atoms with Crippen molar-refractivity contribution in [1.82, 2.24) is 15.1 Å². The maximum atomic E-state index is 12.0. The molecule has 122 valence electrons. The molecule has 1 fully saturated rings. The topological polar surface area (TPSA) is 116 Å². The quantitative estimate of drug-likeness (QED) is 0.626. The van der Waals surface area contributed by atoms with Crippen molar-refractivity contribution in [3.8, 4) is 0 Å². The van der Waals surface area contributed by atoms with Gasteiger partial charge in [-0.3, -0.25) is 19.6 Å². The predicted octanol–water partition coefficient (Wildman–Crippen LogP) is 1.18. The third-order valence-corrected chi connectivity index (χ3v) is 4.21. The summed E-state index contributed by atoms with van der Waals surface area (Å²) in [5.74, 6) is -0.0457. The van der Waals surface area contributed by atoms with Gasteiger partial charge in [0.05, 0.1) is 11.5 Å². The molecule has 0 aromatic carbocycles. The van der Waals surface area contributed by atoms with Crippen molar-refractivity contribution in [1.29, 1.82) is 0 Å². The Balaban J connectivity index is 1.86. The van der Waals surface area contributed by atoms with Gasteiger partial charge >= 0.3 is 5.69 Å².